The molecule has 96 valence electrons. The molecule has 0 heterocycles. The molecule has 1 atom stereocenters. The number of amides is 2. The van der Waals surface area contributed by atoms with E-state index in [9.17, 15) is 14.4 Å². The van der Waals surface area contributed by atoms with Gasteiger partial charge in [-0.15, -0.1) is 0 Å². The molecule has 2 N–H and O–H groups in total. The van der Waals surface area contributed by atoms with Gasteiger partial charge in [0.25, 0.3) is 0 Å². The number of carboxylic acid groups (broad SMARTS) is 1. The summed E-state index contributed by atoms with van der Waals surface area (Å²) in [5.74, 6) is -1.99. The lowest BCUT2D eigenvalue weighted by Gasteiger charge is -2.22. The summed E-state index contributed by atoms with van der Waals surface area (Å²) in [5.41, 5.74) is 0. The largest absolute Gasteiger partial charge is 0.478 e. The molecule has 0 aliphatic heterocycles. The average molecular weight is 242 g/mol. The Balaban J connectivity index is 4.34. The minimum atomic E-state index is -1.21. The van der Waals surface area contributed by atoms with Gasteiger partial charge in [0.15, 0.2) is 0 Å². The van der Waals surface area contributed by atoms with Crippen molar-refractivity contribution in [3.05, 3.63) is 12.2 Å². The van der Waals surface area contributed by atoms with Gasteiger partial charge >= 0.3 is 5.97 Å². The summed E-state index contributed by atoms with van der Waals surface area (Å²) in [6.45, 7) is 6.40. The van der Waals surface area contributed by atoms with Crippen molar-refractivity contribution in [3.8, 4) is 0 Å². The molecule has 2 amide bonds. The number of aliphatic carboxylic acids is 1. The topological polar surface area (TPSA) is 86.7 Å². The number of carboxylic acids is 1. The Kier molecular flexibility index (Phi) is 6.62. The molecule has 0 saturated heterocycles. The highest BCUT2D eigenvalue weighted by Gasteiger charge is 2.18. The third-order valence-corrected chi connectivity index (χ3v) is 2.18. The second kappa shape index (κ2) is 7.43. The summed E-state index contributed by atoms with van der Waals surface area (Å²) in [6, 6.07) is -0.666. The molecular formula is C11H18N2O4. The molecule has 0 radical (unpaired) electrons. The van der Waals surface area contributed by atoms with E-state index in [0.29, 0.717) is 13.1 Å². The van der Waals surface area contributed by atoms with Crippen LogP contribution in [-0.2, 0) is 14.4 Å². The van der Waals surface area contributed by atoms with Crippen molar-refractivity contribution in [2.24, 2.45) is 0 Å². The summed E-state index contributed by atoms with van der Waals surface area (Å²) >= 11 is 0. The molecule has 0 bridgehead atoms. The van der Waals surface area contributed by atoms with Crippen molar-refractivity contribution in [2.75, 3.05) is 13.1 Å². The molecule has 0 spiro atoms. The first-order valence-corrected chi connectivity index (χ1v) is 5.42. The summed E-state index contributed by atoms with van der Waals surface area (Å²) in [5, 5.41) is 10.7. The highest BCUT2D eigenvalue weighted by molar-refractivity contribution is 5.96. The molecule has 0 rings (SSSR count). The van der Waals surface area contributed by atoms with Crippen molar-refractivity contribution >= 4 is 17.8 Å². The van der Waals surface area contributed by atoms with E-state index in [1.807, 2.05) is 13.8 Å². The van der Waals surface area contributed by atoms with E-state index in [2.05, 4.69) is 5.32 Å². The first kappa shape index (κ1) is 15.2. The van der Waals surface area contributed by atoms with Crippen LogP contribution in [0.1, 0.15) is 20.8 Å². The van der Waals surface area contributed by atoms with Gasteiger partial charge in [0, 0.05) is 25.2 Å². The monoisotopic (exact) mass is 242 g/mol. The van der Waals surface area contributed by atoms with Gasteiger partial charge in [-0.1, -0.05) is 0 Å². The van der Waals surface area contributed by atoms with Gasteiger partial charge in [-0.25, -0.2) is 4.79 Å². The molecule has 0 fully saturated rings. The SMILES string of the molecule is CCN(CC)C(=O)C(C)NC(=O)/C=C/C(=O)O. The van der Waals surface area contributed by atoms with Crippen molar-refractivity contribution < 1.29 is 19.5 Å². The molecule has 1 unspecified atom stereocenters. The number of nitrogens with zero attached hydrogens (tertiary/aromatic N) is 1. The minimum absolute atomic E-state index is 0.188. The van der Waals surface area contributed by atoms with Crippen LogP contribution in [0.5, 0.6) is 0 Å². The Morgan fingerprint density at radius 3 is 2.18 bits per heavy atom. The number of carbonyl (C=O) groups excluding carboxylic acids is 2. The standard InChI is InChI=1S/C11H18N2O4/c1-4-13(5-2)11(17)8(3)12-9(14)6-7-10(15)16/h6-8H,4-5H2,1-3H3,(H,12,14)(H,15,16)/b7-6+. The van der Waals surface area contributed by atoms with Crippen LogP contribution in [0, 0.1) is 0 Å². The van der Waals surface area contributed by atoms with Crippen molar-refractivity contribution in [3.63, 3.8) is 0 Å². The van der Waals surface area contributed by atoms with Gasteiger partial charge in [0.2, 0.25) is 11.8 Å². The maximum absolute atomic E-state index is 11.7. The molecule has 0 aromatic rings. The van der Waals surface area contributed by atoms with E-state index < -0.39 is 17.9 Å². The Morgan fingerprint density at radius 1 is 1.24 bits per heavy atom. The van der Waals surface area contributed by atoms with E-state index in [-0.39, 0.29) is 5.91 Å². The van der Waals surface area contributed by atoms with E-state index in [4.69, 9.17) is 5.11 Å². The molecule has 0 saturated carbocycles. The van der Waals surface area contributed by atoms with Crippen LogP contribution in [0.3, 0.4) is 0 Å². The quantitative estimate of drug-likeness (QED) is 0.642. The zero-order chi connectivity index (χ0) is 13.4. The van der Waals surface area contributed by atoms with Crippen LogP contribution in [0.4, 0.5) is 0 Å². The van der Waals surface area contributed by atoms with Crippen molar-refractivity contribution in [1.29, 1.82) is 0 Å². The zero-order valence-electron chi connectivity index (χ0n) is 10.3. The Bertz CT molecular complexity index is 321. The van der Waals surface area contributed by atoms with Gasteiger partial charge in [-0.2, -0.15) is 0 Å². The molecule has 6 nitrogen and oxygen atoms in total. The summed E-state index contributed by atoms with van der Waals surface area (Å²) < 4.78 is 0. The molecule has 0 aliphatic carbocycles. The van der Waals surface area contributed by atoms with Gasteiger partial charge in [0.05, 0.1) is 0 Å². The highest BCUT2D eigenvalue weighted by atomic mass is 16.4. The number of carbonyl (C=O) groups is 3. The molecule has 0 aromatic carbocycles. The number of hydrogen-bond acceptors (Lipinski definition) is 3. The van der Waals surface area contributed by atoms with Gasteiger partial charge in [-0.3, -0.25) is 9.59 Å². The first-order chi connectivity index (χ1) is 7.92. The van der Waals surface area contributed by atoms with Crippen LogP contribution >= 0.6 is 0 Å². The van der Waals surface area contributed by atoms with Crippen LogP contribution in [0.15, 0.2) is 12.2 Å². The lowest BCUT2D eigenvalue weighted by molar-refractivity contribution is -0.134. The third kappa shape index (κ3) is 5.70. The number of rotatable bonds is 6. The van der Waals surface area contributed by atoms with Gasteiger partial charge in [0.1, 0.15) is 6.04 Å². The van der Waals surface area contributed by atoms with E-state index >= 15 is 0 Å². The van der Waals surface area contributed by atoms with Crippen molar-refractivity contribution in [2.45, 2.75) is 26.8 Å². The summed E-state index contributed by atoms with van der Waals surface area (Å²) in [7, 11) is 0. The molecule has 6 heteroatoms. The van der Waals surface area contributed by atoms with E-state index in [0.717, 1.165) is 12.2 Å². The second-order valence-corrected chi connectivity index (χ2v) is 3.41. The zero-order valence-corrected chi connectivity index (χ0v) is 10.3. The maximum atomic E-state index is 11.7. The fourth-order valence-electron chi connectivity index (χ4n) is 1.28. The molecule has 0 aromatic heterocycles. The van der Waals surface area contributed by atoms with Gasteiger partial charge < -0.3 is 15.3 Å². The average Bonchev–Trinajstić information content (AvgIpc) is 2.27. The predicted octanol–water partition coefficient (Wildman–Crippen LogP) is 0.000300. The third-order valence-electron chi connectivity index (χ3n) is 2.18. The number of hydrogen-bond donors (Lipinski definition) is 2. The lowest BCUT2D eigenvalue weighted by Crippen LogP contribution is -2.46. The Morgan fingerprint density at radius 2 is 1.76 bits per heavy atom. The smallest absolute Gasteiger partial charge is 0.328 e. The summed E-state index contributed by atoms with van der Waals surface area (Å²) in [4.78, 5) is 34.8. The fraction of sp³-hybridized carbons (Fsp3) is 0.545. The van der Waals surface area contributed by atoms with Crippen molar-refractivity contribution in [1.82, 2.24) is 10.2 Å². The first-order valence-electron chi connectivity index (χ1n) is 5.42. The van der Waals surface area contributed by atoms with Gasteiger partial charge in [-0.05, 0) is 20.8 Å². The Hall–Kier alpha value is -1.85. The maximum Gasteiger partial charge on any atom is 0.328 e. The normalized spacial score (nSPS) is 12.2. The predicted molar refractivity (Wildman–Crippen MR) is 62.3 cm³/mol. The fourth-order valence-corrected chi connectivity index (χ4v) is 1.28. The second-order valence-electron chi connectivity index (χ2n) is 3.41. The summed E-state index contributed by atoms with van der Waals surface area (Å²) in [6.07, 6.45) is 1.61. The highest BCUT2D eigenvalue weighted by Crippen LogP contribution is 1.94. The van der Waals surface area contributed by atoms with Crippen LogP contribution < -0.4 is 5.32 Å². The molecule has 17 heavy (non-hydrogen) atoms. The molecule has 0 aliphatic rings. The minimum Gasteiger partial charge on any atom is -0.478 e. The van der Waals surface area contributed by atoms with Crippen LogP contribution in [0.25, 0.3) is 0 Å². The van der Waals surface area contributed by atoms with Crippen LogP contribution in [0.2, 0.25) is 0 Å². The Labute approximate surface area is 100 Å². The van der Waals surface area contributed by atoms with Crippen LogP contribution in [-0.4, -0.2) is 46.9 Å². The lowest BCUT2D eigenvalue weighted by atomic mass is 10.2. The number of likely N-dealkylation sites (N-methyl/N-ethyl adjacent to an activating group) is 1. The van der Waals surface area contributed by atoms with E-state index in [1.54, 1.807) is 11.8 Å². The number of nitrogens with one attached hydrogen (secondary N) is 1. The molecular weight excluding hydrogens is 224 g/mol. The van der Waals surface area contributed by atoms with E-state index in [1.165, 1.54) is 0 Å².